The van der Waals surface area contributed by atoms with Crippen LogP contribution in [0.1, 0.15) is 20.7 Å². The molecule has 0 radical (unpaired) electrons. The van der Waals surface area contributed by atoms with Crippen LogP contribution in [0.5, 0.6) is 11.5 Å². The van der Waals surface area contributed by atoms with Gasteiger partial charge in [-0.1, -0.05) is 30.3 Å². The third-order valence-electron chi connectivity index (χ3n) is 4.09. The molecule has 0 spiro atoms. The topological polar surface area (TPSA) is 76.7 Å². The number of amides is 2. The van der Waals surface area contributed by atoms with Crippen LogP contribution in [0.25, 0.3) is 0 Å². The Morgan fingerprint density at radius 3 is 2.23 bits per heavy atom. The number of methoxy groups -OCH3 is 1. The Morgan fingerprint density at radius 1 is 0.833 bits per heavy atom. The van der Waals surface area contributed by atoms with Gasteiger partial charge >= 0.3 is 6.61 Å². The zero-order chi connectivity index (χ0) is 21.5. The summed E-state index contributed by atoms with van der Waals surface area (Å²) in [6, 6.07) is 19.1. The highest BCUT2D eigenvalue weighted by atomic mass is 19.3. The van der Waals surface area contributed by atoms with Crippen LogP contribution < -0.4 is 20.1 Å². The molecular weight excluding hydrogens is 394 g/mol. The van der Waals surface area contributed by atoms with E-state index < -0.39 is 12.5 Å². The highest BCUT2D eigenvalue weighted by Crippen LogP contribution is 2.32. The van der Waals surface area contributed by atoms with Crippen molar-refractivity contribution in [3.8, 4) is 11.5 Å². The molecule has 0 aliphatic rings. The average Bonchev–Trinajstić information content (AvgIpc) is 2.74. The van der Waals surface area contributed by atoms with Crippen LogP contribution in [0.15, 0.2) is 72.8 Å². The van der Waals surface area contributed by atoms with Crippen LogP contribution in [0.2, 0.25) is 0 Å². The second kappa shape index (κ2) is 9.51. The van der Waals surface area contributed by atoms with Crippen LogP contribution in [-0.2, 0) is 0 Å². The summed E-state index contributed by atoms with van der Waals surface area (Å²) in [7, 11) is 1.32. The molecule has 0 unspecified atom stereocenters. The molecular formula is C22H18F2N2O4. The van der Waals surface area contributed by atoms with Crippen molar-refractivity contribution in [2.45, 2.75) is 6.61 Å². The fourth-order valence-electron chi connectivity index (χ4n) is 2.72. The van der Waals surface area contributed by atoms with Gasteiger partial charge in [-0.05, 0) is 36.4 Å². The molecule has 0 aromatic heterocycles. The number of halogens is 2. The van der Waals surface area contributed by atoms with Gasteiger partial charge in [0, 0.05) is 17.3 Å². The summed E-state index contributed by atoms with van der Waals surface area (Å²) in [5.74, 6) is -1.01. The van der Waals surface area contributed by atoms with E-state index in [0.29, 0.717) is 11.3 Å². The zero-order valence-corrected chi connectivity index (χ0v) is 15.9. The number of hydrogen-bond donors (Lipinski definition) is 2. The van der Waals surface area contributed by atoms with Crippen LogP contribution in [0.3, 0.4) is 0 Å². The smallest absolute Gasteiger partial charge is 0.387 e. The number of para-hydroxylation sites is 1. The molecule has 6 nitrogen and oxygen atoms in total. The third kappa shape index (κ3) is 5.11. The molecule has 0 bridgehead atoms. The minimum atomic E-state index is -3.04. The highest BCUT2D eigenvalue weighted by molar-refractivity contribution is 6.12. The zero-order valence-electron chi connectivity index (χ0n) is 15.9. The maximum absolute atomic E-state index is 12.8. The van der Waals surface area contributed by atoms with Crippen molar-refractivity contribution in [3.05, 3.63) is 83.9 Å². The maximum atomic E-state index is 12.8. The Hall–Kier alpha value is -3.94. The number of hydrogen-bond acceptors (Lipinski definition) is 4. The molecule has 30 heavy (non-hydrogen) atoms. The van der Waals surface area contributed by atoms with Gasteiger partial charge in [0.05, 0.1) is 18.4 Å². The van der Waals surface area contributed by atoms with Gasteiger partial charge in [0.1, 0.15) is 0 Å². The van der Waals surface area contributed by atoms with E-state index in [0.717, 1.165) is 0 Å². The van der Waals surface area contributed by atoms with Crippen LogP contribution >= 0.6 is 0 Å². The molecule has 0 aliphatic heterocycles. The van der Waals surface area contributed by atoms with E-state index in [1.54, 1.807) is 48.5 Å². The fourth-order valence-corrected chi connectivity index (χ4v) is 2.72. The average molecular weight is 412 g/mol. The summed E-state index contributed by atoms with van der Waals surface area (Å²) in [5, 5.41) is 5.31. The lowest BCUT2D eigenvalue weighted by Gasteiger charge is -2.14. The first-order chi connectivity index (χ1) is 14.5. The van der Waals surface area contributed by atoms with Crippen molar-refractivity contribution in [2.75, 3.05) is 17.7 Å². The fraction of sp³-hybridized carbons (Fsp3) is 0.0909. The predicted octanol–water partition coefficient (Wildman–Crippen LogP) is 4.80. The summed E-state index contributed by atoms with van der Waals surface area (Å²) in [4.78, 5) is 25.2. The number of anilines is 2. The normalized spacial score (nSPS) is 10.4. The molecule has 0 heterocycles. The molecule has 8 heteroatoms. The van der Waals surface area contributed by atoms with Crippen molar-refractivity contribution in [1.29, 1.82) is 0 Å². The number of benzene rings is 3. The minimum Gasteiger partial charge on any atom is -0.493 e. The second-order valence-electron chi connectivity index (χ2n) is 6.06. The minimum absolute atomic E-state index is 0.101. The van der Waals surface area contributed by atoms with Gasteiger partial charge in [0.2, 0.25) is 0 Å². The number of nitrogens with one attached hydrogen (secondary N) is 2. The monoisotopic (exact) mass is 412 g/mol. The van der Waals surface area contributed by atoms with Gasteiger partial charge in [-0.25, -0.2) is 0 Å². The Labute approximate surface area is 171 Å². The van der Waals surface area contributed by atoms with Crippen LogP contribution in [0.4, 0.5) is 20.2 Å². The SMILES string of the molecule is COc1ccc(NC(=O)c2ccccc2NC(=O)c2ccccc2)cc1OC(F)F. The lowest BCUT2D eigenvalue weighted by atomic mass is 10.1. The molecule has 2 N–H and O–H groups in total. The Balaban J connectivity index is 1.80. The van der Waals surface area contributed by atoms with E-state index in [1.807, 2.05) is 0 Å². The summed E-state index contributed by atoms with van der Waals surface area (Å²) < 4.78 is 34.6. The van der Waals surface area contributed by atoms with Crippen molar-refractivity contribution in [3.63, 3.8) is 0 Å². The van der Waals surface area contributed by atoms with Gasteiger partial charge < -0.3 is 20.1 Å². The Bertz CT molecular complexity index is 1040. The van der Waals surface area contributed by atoms with Gasteiger partial charge in [-0.3, -0.25) is 9.59 Å². The number of ether oxygens (including phenoxy) is 2. The quantitative estimate of drug-likeness (QED) is 0.584. The van der Waals surface area contributed by atoms with Gasteiger partial charge in [0.25, 0.3) is 11.8 Å². The summed E-state index contributed by atoms with van der Waals surface area (Å²) in [6.07, 6.45) is 0. The maximum Gasteiger partial charge on any atom is 0.387 e. The van der Waals surface area contributed by atoms with Crippen LogP contribution in [-0.4, -0.2) is 25.5 Å². The summed E-state index contributed by atoms with van der Waals surface area (Å²) in [5.41, 5.74) is 1.17. The largest absolute Gasteiger partial charge is 0.493 e. The van der Waals surface area contributed by atoms with E-state index in [9.17, 15) is 18.4 Å². The van der Waals surface area contributed by atoms with Crippen LogP contribution in [0, 0.1) is 0 Å². The second-order valence-corrected chi connectivity index (χ2v) is 6.06. The summed E-state index contributed by atoms with van der Waals surface area (Å²) >= 11 is 0. The molecule has 0 aliphatic carbocycles. The molecule has 3 rings (SSSR count). The summed E-state index contributed by atoms with van der Waals surface area (Å²) in [6.45, 7) is -3.04. The van der Waals surface area contributed by atoms with E-state index in [2.05, 4.69) is 15.4 Å². The lowest BCUT2D eigenvalue weighted by Crippen LogP contribution is -2.18. The molecule has 2 amide bonds. The van der Waals surface area contributed by atoms with Crippen molar-refractivity contribution < 1.29 is 27.8 Å². The van der Waals surface area contributed by atoms with E-state index in [-0.39, 0.29) is 28.7 Å². The van der Waals surface area contributed by atoms with E-state index in [4.69, 9.17) is 4.74 Å². The first-order valence-electron chi connectivity index (χ1n) is 8.87. The first-order valence-corrected chi connectivity index (χ1v) is 8.87. The molecule has 0 fully saturated rings. The van der Waals surface area contributed by atoms with Gasteiger partial charge in [-0.2, -0.15) is 8.78 Å². The number of carbonyl (C=O) groups is 2. The van der Waals surface area contributed by atoms with Crippen molar-refractivity contribution >= 4 is 23.2 Å². The van der Waals surface area contributed by atoms with Crippen molar-refractivity contribution in [1.82, 2.24) is 0 Å². The highest BCUT2D eigenvalue weighted by Gasteiger charge is 2.16. The van der Waals surface area contributed by atoms with E-state index >= 15 is 0 Å². The Morgan fingerprint density at radius 2 is 1.53 bits per heavy atom. The first kappa shape index (κ1) is 20.8. The van der Waals surface area contributed by atoms with Gasteiger partial charge in [-0.15, -0.1) is 0 Å². The molecule has 3 aromatic rings. The molecule has 0 saturated heterocycles. The van der Waals surface area contributed by atoms with Crippen molar-refractivity contribution in [2.24, 2.45) is 0 Å². The number of carbonyl (C=O) groups excluding carboxylic acids is 2. The molecule has 154 valence electrons. The molecule has 0 saturated carbocycles. The lowest BCUT2D eigenvalue weighted by molar-refractivity contribution is -0.0511. The third-order valence-corrected chi connectivity index (χ3v) is 4.09. The van der Waals surface area contributed by atoms with E-state index in [1.165, 1.54) is 31.4 Å². The van der Waals surface area contributed by atoms with Gasteiger partial charge in [0.15, 0.2) is 11.5 Å². The predicted molar refractivity (Wildman–Crippen MR) is 108 cm³/mol. The molecule has 0 atom stereocenters. The molecule has 3 aromatic carbocycles. The number of rotatable bonds is 7. The Kier molecular flexibility index (Phi) is 6.59. The standard InChI is InChI=1S/C22H18F2N2O4/c1-29-18-12-11-15(13-19(18)30-22(23)24)25-21(28)16-9-5-6-10-17(16)26-20(27)14-7-3-2-4-8-14/h2-13,22H,1H3,(H,25,28)(H,26,27). The number of alkyl halides is 2.